The van der Waals surface area contributed by atoms with Crippen LogP contribution in [0.1, 0.15) is 35.6 Å². The third-order valence-electron chi connectivity index (χ3n) is 5.03. The van der Waals surface area contributed by atoms with Gasteiger partial charge in [0.1, 0.15) is 0 Å². The second-order valence-electron chi connectivity index (χ2n) is 7.23. The van der Waals surface area contributed by atoms with Gasteiger partial charge in [0, 0.05) is 31.8 Å². The van der Waals surface area contributed by atoms with E-state index in [-0.39, 0.29) is 18.1 Å². The molecule has 1 atom stereocenters. The highest BCUT2D eigenvalue weighted by Crippen LogP contribution is 2.25. The summed E-state index contributed by atoms with van der Waals surface area (Å²) in [5.41, 5.74) is 2.96. The van der Waals surface area contributed by atoms with Crippen LogP contribution in [0.5, 0.6) is 0 Å². The van der Waals surface area contributed by atoms with Crippen LogP contribution < -0.4 is 10.6 Å². The first-order valence-corrected chi connectivity index (χ1v) is 8.85. The average molecular weight is 349 g/mol. The highest BCUT2D eigenvalue weighted by Gasteiger charge is 2.35. The zero-order valence-electron chi connectivity index (χ0n) is 15.8. The van der Waals surface area contributed by atoms with E-state index >= 15 is 0 Å². The van der Waals surface area contributed by atoms with Crippen LogP contribution in [0.2, 0.25) is 0 Å². The van der Waals surface area contributed by atoms with Crippen LogP contribution in [0, 0.1) is 13.8 Å². The van der Waals surface area contributed by atoms with Crippen LogP contribution >= 0.6 is 0 Å². The van der Waals surface area contributed by atoms with Crippen molar-refractivity contribution in [3.63, 3.8) is 0 Å². The summed E-state index contributed by atoms with van der Waals surface area (Å²) in [5, 5.41) is 16.0. The maximum Gasteiger partial charge on any atom is 0.314 e. The molecule has 0 aromatic heterocycles. The van der Waals surface area contributed by atoms with Gasteiger partial charge in [0.05, 0.1) is 6.10 Å². The van der Waals surface area contributed by atoms with Gasteiger partial charge in [-0.05, 0) is 46.3 Å². The minimum Gasteiger partial charge on any atom is -0.387 e. The molecule has 2 rings (SSSR count). The molecule has 6 nitrogen and oxygen atoms in total. The van der Waals surface area contributed by atoms with E-state index in [0.29, 0.717) is 19.8 Å². The molecule has 1 aliphatic heterocycles. The number of benzene rings is 1. The molecule has 1 aromatic carbocycles. The molecule has 1 aliphatic rings. The number of ether oxygens (including phenoxy) is 1. The van der Waals surface area contributed by atoms with Gasteiger partial charge >= 0.3 is 6.03 Å². The van der Waals surface area contributed by atoms with Crippen LogP contribution in [0.3, 0.4) is 0 Å². The summed E-state index contributed by atoms with van der Waals surface area (Å²) in [5.74, 6) is 0. The number of hydrogen-bond donors (Lipinski definition) is 3. The van der Waals surface area contributed by atoms with E-state index < -0.39 is 6.10 Å². The molecule has 140 valence electrons. The average Bonchev–Trinajstić information content (AvgIpc) is 2.57. The number of urea groups is 1. The molecule has 0 aliphatic carbocycles. The second kappa shape index (κ2) is 8.65. The number of rotatable bonds is 6. The molecule has 6 heteroatoms. The molecular weight excluding hydrogens is 318 g/mol. The first kappa shape index (κ1) is 19.7. The molecule has 0 spiro atoms. The van der Waals surface area contributed by atoms with Crippen molar-refractivity contribution in [1.29, 1.82) is 0 Å². The maximum absolute atomic E-state index is 12.1. The van der Waals surface area contributed by atoms with E-state index in [4.69, 9.17) is 4.74 Å². The zero-order valence-corrected chi connectivity index (χ0v) is 15.8. The first-order valence-electron chi connectivity index (χ1n) is 8.85. The Balaban J connectivity index is 1.83. The van der Waals surface area contributed by atoms with E-state index in [2.05, 4.69) is 21.6 Å². The van der Waals surface area contributed by atoms with E-state index in [0.717, 1.165) is 29.5 Å². The predicted octanol–water partition coefficient (Wildman–Crippen LogP) is 1.75. The standard InChI is InChI=1S/C19H31N3O3/c1-14-9-15(2)11-16(10-14)17(23)12-20-18(24)21-13-19(22(3)4)5-7-25-8-6-19/h9-11,17,23H,5-8,12-13H2,1-4H3,(H2,20,21,24)/t17-/m0/s1. The topological polar surface area (TPSA) is 73.8 Å². The number of aliphatic hydroxyl groups is 1. The molecule has 25 heavy (non-hydrogen) atoms. The number of aryl methyl sites for hydroxylation is 2. The Labute approximate surface area is 150 Å². The van der Waals surface area contributed by atoms with Crippen molar-refractivity contribution in [3.8, 4) is 0 Å². The summed E-state index contributed by atoms with van der Waals surface area (Å²) in [6.07, 6.45) is 1.08. The molecule has 1 fully saturated rings. The lowest BCUT2D eigenvalue weighted by Gasteiger charge is -2.42. The summed E-state index contributed by atoms with van der Waals surface area (Å²) < 4.78 is 5.44. The summed E-state index contributed by atoms with van der Waals surface area (Å²) in [4.78, 5) is 14.3. The van der Waals surface area contributed by atoms with Crippen molar-refractivity contribution < 1.29 is 14.6 Å². The van der Waals surface area contributed by atoms with Crippen molar-refractivity contribution in [3.05, 3.63) is 34.9 Å². The van der Waals surface area contributed by atoms with Gasteiger partial charge in [0.25, 0.3) is 0 Å². The van der Waals surface area contributed by atoms with Gasteiger partial charge in [-0.3, -0.25) is 0 Å². The Bertz CT molecular complexity index is 563. The van der Waals surface area contributed by atoms with Gasteiger partial charge in [-0.15, -0.1) is 0 Å². The Morgan fingerprint density at radius 2 is 1.80 bits per heavy atom. The first-order chi connectivity index (χ1) is 11.8. The maximum atomic E-state index is 12.1. The van der Waals surface area contributed by atoms with Gasteiger partial charge < -0.3 is 25.4 Å². The lowest BCUT2D eigenvalue weighted by atomic mass is 9.88. The fraction of sp³-hybridized carbons (Fsp3) is 0.632. The molecule has 0 unspecified atom stereocenters. The van der Waals surface area contributed by atoms with Gasteiger partial charge in [-0.2, -0.15) is 0 Å². The van der Waals surface area contributed by atoms with Crippen molar-refractivity contribution in [2.45, 2.75) is 38.3 Å². The monoisotopic (exact) mass is 349 g/mol. The number of likely N-dealkylation sites (N-methyl/N-ethyl adjacent to an activating group) is 1. The molecular formula is C19H31N3O3. The molecule has 3 N–H and O–H groups in total. The minimum absolute atomic E-state index is 0.0676. The van der Waals surface area contributed by atoms with Crippen LogP contribution in [-0.2, 0) is 4.74 Å². The third-order valence-corrected chi connectivity index (χ3v) is 5.03. The summed E-state index contributed by atoms with van der Waals surface area (Å²) in [6.45, 7) is 6.18. The number of nitrogens with zero attached hydrogens (tertiary/aromatic N) is 1. The molecule has 1 aromatic rings. The number of carbonyl (C=O) groups excluding carboxylic acids is 1. The second-order valence-corrected chi connectivity index (χ2v) is 7.23. The van der Waals surface area contributed by atoms with Crippen molar-refractivity contribution in [2.24, 2.45) is 0 Å². The van der Waals surface area contributed by atoms with Gasteiger partial charge in [-0.1, -0.05) is 29.3 Å². The van der Waals surface area contributed by atoms with Crippen molar-refractivity contribution in [2.75, 3.05) is 40.4 Å². The number of aliphatic hydroxyl groups excluding tert-OH is 1. The van der Waals surface area contributed by atoms with Crippen molar-refractivity contribution >= 4 is 6.03 Å². The quantitative estimate of drug-likeness (QED) is 0.731. The number of carbonyl (C=O) groups is 1. The highest BCUT2D eigenvalue weighted by atomic mass is 16.5. The number of nitrogens with one attached hydrogen (secondary N) is 2. The van der Waals surface area contributed by atoms with Crippen LogP contribution in [0.4, 0.5) is 4.79 Å². The highest BCUT2D eigenvalue weighted by molar-refractivity contribution is 5.74. The zero-order chi connectivity index (χ0) is 18.4. The Hall–Kier alpha value is -1.63. The van der Waals surface area contributed by atoms with Crippen LogP contribution in [-0.4, -0.2) is 62.0 Å². The van der Waals surface area contributed by atoms with Gasteiger partial charge in [-0.25, -0.2) is 4.79 Å². The summed E-state index contributed by atoms with van der Waals surface area (Å²) in [7, 11) is 4.07. The largest absolute Gasteiger partial charge is 0.387 e. The molecule has 1 saturated heterocycles. The number of hydrogen-bond acceptors (Lipinski definition) is 4. The molecule has 0 saturated carbocycles. The fourth-order valence-electron chi connectivity index (χ4n) is 3.35. The summed E-state index contributed by atoms with van der Waals surface area (Å²) >= 11 is 0. The van der Waals surface area contributed by atoms with Gasteiger partial charge in [0.2, 0.25) is 0 Å². The molecule has 0 radical (unpaired) electrons. The lowest BCUT2D eigenvalue weighted by molar-refractivity contribution is -0.00574. The van der Waals surface area contributed by atoms with Gasteiger partial charge in [0.15, 0.2) is 0 Å². The van der Waals surface area contributed by atoms with Crippen molar-refractivity contribution in [1.82, 2.24) is 15.5 Å². The van der Waals surface area contributed by atoms with E-state index in [1.165, 1.54) is 0 Å². The number of amides is 2. The summed E-state index contributed by atoms with van der Waals surface area (Å²) in [6, 6.07) is 5.70. The Morgan fingerprint density at radius 3 is 2.36 bits per heavy atom. The molecule has 0 bridgehead atoms. The van der Waals surface area contributed by atoms with E-state index in [9.17, 15) is 9.90 Å². The van der Waals surface area contributed by atoms with E-state index in [1.54, 1.807) is 0 Å². The third kappa shape index (κ3) is 5.42. The smallest absolute Gasteiger partial charge is 0.314 e. The molecule has 1 heterocycles. The minimum atomic E-state index is -0.713. The fourth-order valence-corrected chi connectivity index (χ4v) is 3.35. The normalized spacial score (nSPS) is 18.0. The predicted molar refractivity (Wildman–Crippen MR) is 98.7 cm³/mol. The van der Waals surface area contributed by atoms with E-state index in [1.807, 2.05) is 40.1 Å². The van der Waals surface area contributed by atoms with Crippen LogP contribution in [0.15, 0.2) is 18.2 Å². The lowest BCUT2D eigenvalue weighted by Crippen LogP contribution is -2.56. The van der Waals surface area contributed by atoms with Crippen LogP contribution in [0.25, 0.3) is 0 Å². The SMILES string of the molecule is Cc1cc(C)cc([C@@H](O)CNC(=O)NCC2(N(C)C)CCOCC2)c1. The Morgan fingerprint density at radius 1 is 1.20 bits per heavy atom. The Kier molecular flexibility index (Phi) is 6.81. The molecule has 2 amide bonds.